The molecular formula is C24H28N6O3S. The SMILES string of the molecule is CNc1nc2ccc(CNC(=O)c3cccn4c(C(=O)N[C@H](CO)CC(C)C)cnc34)cc2s1. The molecule has 0 aliphatic heterocycles. The number of rotatable bonds is 9. The van der Waals surface area contributed by atoms with Gasteiger partial charge in [-0.25, -0.2) is 9.97 Å². The molecule has 1 aromatic carbocycles. The van der Waals surface area contributed by atoms with Gasteiger partial charge in [-0.3, -0.25) is 14.0 Å². The molecule has 3 aromatic heterocycles. The maximum Gasteiger partial charge on any atom is 0.270 e. The molecule has 0 saturated heterocycles. The summed E-state index contributed by atoms with van der Waals surface area (Å²) in [6.07, 6.45) is 3.81. The number of nitrogens with one attached hydrogen (secondary N) is 3. The van der Waals surface area contributed by atoms with E-state index in [0.717, 1.165) is 20.9 Å². The van der Waals surface area contributed by atoms with Crippen LogP contribution in [0.4, 0.5) is 5.13 Å². The standard InChI is InChI=1S/C24H28N6O3S/c1-14(2)9-16(13-31)28-23(33)19-12-26-21-17(5-4-8-30(19)21)22(32)27-11-15-6-7-18-20(10-15)34-24(25-3)29-18/h4-8,10,12,14,16,31H,9,11,13H2,1-3H3,(H,25,29)(H,27,32)(H,28,33)/t16-/m0/s1. The van der Waals surface area contributed by atoms with Gasteiger partial charge in [0, 0.05) is 19.8 Å². The summed E-state index contributed by atoms with van der Waals surface area (Å²) in [5, 5.41) is 19.3. The maximum atomic E-state index is 13.0. The molecule has 0 unspecified atom stereocenters. The smallest absolute Gasteiger partial charge is 0.270 e. The number of aromatic nitrogens is 3. The topological polar surface area (TPSA) is 121 Å². The number of amides is 2. The average Bonchev–Trinajstić information content (AvgIpc) is 3.45. The van der Waals surface area contributed by atoms with Crippen molar-refractivity contribution in [1.82, 2.24) is 25.0 Å². The number of nitrogens with zero attached hydrogens (tertiary/aromatic N) is 3. The zero-order valence-corrected chi connectivity index (χ0v) is 20.1. The minimum atomic E-state index is -0.344. The van der Waals surface area contributed by atoms with Crippen molar-refractivity contribution in [1.29, 1.82) is 0 Å². The number of carbonyl (C=O) groups is 2. The number of carbonyl (C=O) groups excluding carboxylic acids is 2. The molecule has 0 aliphatic rings. The Balaban J connectivity index is 1.49. The van der Waals surface area contributed by atoms with Gasteiger partial charge in [-0.2, -0.15) is 0 Å². The summed E-state index contributed by atoms with van der Waals surface area (Å²) in [5.41, 5.74) is 2.95. The molecular weight excluding hydrogens is 452 g/mol. The van der Waals surface area contributed by atoms with Gasteiger partial charge in [0.25, 0.3) is 11.8 Å². The number of hydrogen-bond acceptors (Lipinski definition) is 7. The number of anilines is 1. The molecule has 1 atom stereocenters. The summed E-state index contributed by atoms with van der Waals surface area (Å²) in [4.78, 5) is 34.5. The third-order valence-corrected chi connectivity index (χ3v) is 6.48. The molecule has 9 nitrogen and oxygen atoms in total. The lowest BCUT2D eigenvalue weighted by atomic mass is 10.0. The van der Waals surface area contributed by atoms with Crippen molar-refractivity contribution in [3.05, 3.63) is 59.5 Å². The van der Waals surface area contributed by atoms with E-state index in [4.69, 9.17) is 0 Å². The predicted octanol–water partition coefficient (Wildman–Crippen LogP) is 3.05. The normalized spacial score (nSPS) is 12.3. The van der Waals surface area contributed by atoms with Gasteiger partial charge in [0.15, 0.2) is 5.13 Å². The van der Waals surface area contributed by atoms with Crippen LogP contribution < -0.4 is 16.0 Å². The fourth-order valence-corrected chi connectivity index (χ4v) is 4.71. The van der Waals surface area contributed by atoms with Crippen molar-refractivity contribution in [2.75, 3.05) is 19.0 Å². The molecule has 4 rings (SSSR count). The van der Waals surface area contributed by atoms with Gasteiger partial charge in [-0.15, -0.1) is 0 Å². The van der Waals surface area contributed by atoms with Crippen molar-refractivity contribution in [3.8, 4) is 0 Å². The van der Waals surface area contributed by atoms with E-state index >= 15 is 0 Å². The molecule has 0 radical (unpaired) electrons. The van der Waals surface area contributed by atoms with Crippen LogP contribution in [0.2, 0.25) is 0 Å². The Hall–Kier alpha value is -3.50. The van der Waals surface area contributed by atoms with Gasteiger partial charge in [-0.1, -0.05) is 31.3 Å². The van der Waals surface area contributed by atoms with E-state index in [1.165, 1.54) is 6.20 Å². The third-order valence-electron chi connectivity index (χ3n) is 5.44. The largest absolute Gasteiger partial charge is 0.394 e. The first-order valence-electron chi connectivity index (χ1n) is 11.1. The van der Waals surface area contributed by atoms with Crippen molar-refractivity contribution >= 4 is 44.1 Å². The second-order valence-electron chi connectivity index (χ2n) is 8.50. The summed E-state index contributed by atoms with van der Waals surface area (Å²) in [6, 6.07) is 8.94. The van der Waals surface area contributed by atoms with Crippen LogP contribution in [-0.2, 0) is 6.54 Å². The summed E-state index contributed by atoms with van der Waals surface area (Å²) >= 11 is 1.56. The lowest BCUT2D eigenvalue weighted by molar-refractivity contribution is 0.0900. The lowest BCUT2D eigenvalue weighted by Gasteiger charge is -2.18. The van der Waals surface area contributed by atoms with Crippen LogP contribution in [0.3, 0.4) is 0 Å². The fourth-order valence-electron chi connectivity index (χ4n) is 3.83. The number of fused-ring (bicyclic) bond motifs is 2. The fraction of sp³-hybridized carbons (Fsp3) is 0.333. The number of pyridine rings is 1. The van der Waals surface area contributed by atoms with Gasteiger partial charge >= 0.3 is 0 Å². The monoisotopic (exact) mass is 480 g/mol. The Morgan fingerprint density at radius 2 is 2.03 bits per heavy atom. The average molecular weight is 481 g/mol. The second kappa shape index (κ2) is 10.2. The number of imidazole rings is 1. The summed E-state index contributed by atoms with van der Waals surface area (Å²) in [6.45, 7) is 4.27. The van der Waals surface area contributed by atoms with E-state index in [2.05, 4.69) is 25.9 Å². The van der Waals surface area contributed by atoms with Crippen LogP contribution in [0, 0.1) is 5.92 Å². The van der Waals surface area contributed by atoms with E-state index in [1.807, 2.05) is 39.1 Å². The lowest BCUT2D eigenvalue weighted by Crippen LogP contribution is -2.38. The van der Waals surface area contributed by atoms with Crippen LogP contribution in [0.25, 0.3) is 15.9 Å². The highest BCUT2D eigenvalue weighted by atomic mass is 32.1. The zero-order valence-electron chi connectivity index (χ0n) is 19.3. The highest BCUT2D eigenvalue weighted by Gasteiger charge is 2.20. The first kappa shape index (κ1) is 23.7. The maximum absolute atomic E-state index is 13.0. The predicted molar refractivity (Wildman–Crippen MR) is 133 cm³/mol. The molecule has 0 bridgehead atoms. The van der Waals surface area contributed by atoms with Crippen molar-refractivity contribution in [2.24, 2.45) is 5.92 Å². The van der Waals surface area contributed by atoms with Gasteiger partial charge in [0.1, 0.15) is 11.3 Å². The van der Waals surface area contributed by atoms with Gasteiger partial charge in [0.05, 0.1) is 34.6 Å². The molecule has 3 heterocycles. The molecule has 0 fully saturated rings. The minimum Gasteiger partial charge on any atom is -0.394 e. The molecule has 0 aliphatic carbocycles. The van der Waals surface area contributed by atoms with Crippen LogP contribution >= 0.6 is 11.3 Å². The Bertz CT molecular complexity index is 1330. The number of benzene rings is 1. The summed E-state index contributed by atoms with van der Waals surface area (Å²) < 4.78 is 2.64. The van der Waals surface area contributed by atoms with E-state index < -0.39 is 0 Å². The zero-order chi connectivity index (χ0) is 24.2. The van der Waals surface area contributed by atoms with Crippen LogP contribution in [0.5, 0.6) is 0 Å². The van der Waals surface area contributed by atoms with E-state index in [1.54, 1.807) is 34.1 Å². The molecule has 10 heteroatoms. The van der Waals surface area contributed by atoms with Crippen molar-refractivity contribution in [3.63, 3.8) is 0 Å². The van der Waals surface area contributed by atoms with E-state index in [0.29, 0.717) is 35.8 Å². The quantitative estimate of drug-likeness (QED) is 0.292. The Labute approximate surface area is 201 Å². The molecule has 0 saturated carbocycles. The number of aliphatic hydroxyl groups excluding tert-OH is 1. The first-order chi connectivity index (χ1) is 16.4. The third kappa shape index (κ3) is 5.02. The van der Waals surface area contributed by atoms with Crippen LogP contribution in [0.15, 0.2) is 42.7 Å². The highest BCUT2D eigenvalue weighted by molar-refractivity contribution is 7.22. The van der Waals surface area contributed by atoms with E-state index in [9.17, 15) is 14.7 Å². The molecule has 0 spiro atoms. The first-order valence-corrected chi connectivity index (χ1v) is 11.9. The summed E-state index contributed by atoms with van der Waals surface area (Å²) in [5.74, 6) is -0.294. The highest BCUT2D eigenvalue weighted by Crippen LogP contribution is 2.26. The number of aliphatic hydroxyl groups is 1. The molecule has 178 valence electrons. The molecule has 4 aromatic rings. The second-order valence-corrected chi connectivity index (χ2v) is 9.53. The van der Waals surface area contributed by atoms with E-state index in [-0.39, 0.29) is 24.5 Å². The van der Waals surface area contributed by atoms with Crippen molar-refractivity contribution < 1.29 is 14.7 Å². The molecule has 34 heavy (non-hydrogen) atoms. The van der Waals surface area contributed by atoms with Gasteiger partial charge < -0.3 is 21.1 Å². The van der Waals surface area contributed by atoms with Crippen LogP contribution in [0.1, 0.15) is 46.7 Å². The van der Waals surface area contributed by atoms with Crippen molar-refractivity contribution in [2.45, 2.75) is 32.9 Å². The number of thiazole rings is 1. The Kier molecular flexibility index (Phi) is 7.09. The summed E-state index contributed by atoms with van der Waals surface area (Å²) in [7, 11) is 1.83. The van der Waals surface area contributed by atoms with Gasteiger partial charge in [0.2, 0.25) is 0 Å². The molecule has 4 N–H and O–H groups in total. The molecule has 2 amide bonds. The van der Waals surface area contributed by atoms with Crippen LogP contribution in [-0.4, -0.2) is 51.0 Å². The minimum absolute atomic E-state index is 0.141. The van der Waals surface area contributed by atoms with Gasteiger partial charge in [-0.05, 0) is 42.2 Å². The number of hydrogen-bond donors (Lipinski definition) is 4. The Morgan fingerprint density at radius 3 is 2.76 bits per heavy atom. The Morgan fingerprint density at radius 1 is 1.21 bits per heavy atom.